The Kier molecular flexibility index (Phi) is 3.79. The van der Waals surface area contributed by atoms with Crippen LogP contribution >= 0.6 is 23.7 Å². The van der Waals surface area contributed by atoms with Crippen molar-refractivity contribution in [2.75, 3.05) is 13.1 Å². The molecule has 1 aromatic rings. The van der Waals surface area contributed by atoms with Crippen LogP contribution in [0.5, 0.6) is 0 Å². The van der Waals surface area contributed by atoms with Gasteiger partial charge in [0.1, 0.15) is 0 Å². The Morgan fingerprint density at radius 3 is 2.92 bits per heavy atom. The van der Waals surface area contributed by atoms with E-state index in [4.69, 9.17) is 0 Å². The fourth-order valence-electron chi connectivity index (χ4n) is 1.33. The monoisotopic (exact) mass is 201 g/mol. The van der Waals surface area contributed by atoms with E-state index in [2.05, 4.69) is 28.2 Å². The van der Waals surface area contributed by atoms with Gasteiger partial charge in [0.15, 0.2) is 0 Å². The zero-order valence-corrected chi connectivity index (χ0v) is 8.38. The Balaban J connectivity index is 0.000000720. The van der Waals surface area contributed by atoms with Crippen LogP contribution in [0.25, 0.3) is 5.57 Å². The van der Waals surface area contributed by atoms with Gasteiger partial charge in [-0.05, 0) is 40.9 Å². The van der Waals surface area contributed by atoms with E-state index < -0.39 is 0 Å². The van der Waals surface area contributed by atoms with E-state index in [0.29, 0.717) is 0 Å². The summed E-state index contributed by atoms with van der Waals surface area (Å²) in [5.41, 5.74) is 2.92. The molecule has 12 heavy (non-hydrogen) atoms. The molecular formula is C9H12ClNS. The molecule has 0 unspecified atom stereocenters. The van der Waals surface area contributed by atoms with E-state index in [9.17, 15) is 0 Å². The standard InChI is InChI=1S/C9H11NS.ClH/c1-4-10-5-2-8(1)9-3-6-11-7-9;/h1,3,6-7,10H,2,4-5H2;1H. The summed E-state index contributed by atoms with van der Waals surface area (Å²) in [6, 6.07) is 2.20. The van der Waals surface area contributed by atoms with Gasteiger partial charge in [0.25, 0.3) is 0 Å². The van der Waals surface area contributed by atoms with Gasteiger partial charge in [-0.15, -0.1) is 12.4 Å². The molecular weight excluding hydrogens is 190 g/mol. The predicted molar refractivity (Wildman–Crippen MR) is 57.0 cm³/mol. The molecule has 0 fully saturated rings. The first-order valence-electron chi connectivity index (χ1n) is 3.89. The molecule has 0 amide bonds. The van der Waals surface area contributed by atoms with Gasteiger partial charge in [0, 0.05) is 6.54 Å². The minimum absolute atomic E-state index is 0. The van der Waals surface area contributed by atoms with Crippen LogP contribution in [0.3, 0.4) is 0 Å². The quantitative estimate of drug-likeness (QED) is 0.737. The van der Waals surface area contributed by atoms with Crippen LogP contribution < -0.4 is 5.32 Å². The lowest BCUT2D eigenvalue weighted by Gasteiger charge is -2.12. The van der Waals surface area contributed by atoms with Gasteiger partial charge in [-0.1, -0.05) is 6.08 Å². The summed E-state index contributed by atoms with van der Waals surface area (Å²) in [6.45, 7) is 2.16. The van der Waals surface area contributed by atoms with Crippen LogP contribution in [-0.2, 0) is 0 Å². The first-order valence-corrected chi connectivity index (χ1v) is 4.83. The summed E-state index contributed by atoms with van der Waals surface area (Å²) in [6.07, 6.45) is 3.46. The molecule has 1 aliphatic heterocycles. The van der Waals surface area contributed by atoms with Gasteiger partial charge in [0.05, 0.1) is 0 Å². The number of nitrogens with one attached hydrogen (secondary N) is 1. The maximum Gasteiger partial charge on any atom is 0.0140 e. The molecule has 0 aromatic carbocycles. The highest BCUT2D eigenvalue weighted by atomic mass is 35.5. The third-order valence-corrected chi connectivity index (χ3v) is 2.64. The van der Waals surface area contributed by atoms with Crippen LogP contribution in [-0.4, -0.2) is 13.1 Å². The number of hydrogen-bond acceptors (Lipinski definition) is 2. The maximum absolute atomic E-state index is 3.30. The molecule has 1 N–H and O–H groups in total. The van der Waals surface area contributed by atoms with Crippen LogP contribution in [0.4, 0.5) is 0 Å². The summed E-state index contributed by atoms with van der Waals surface area (Å²) in [4.78, 5) is 0. The minimum Gasteiger partial charge on any atom is -0.313 e. The molecule has 2 heterocycles. The maximum atomic E-state index is 3.30. The minimum atomic E-state index is 0. The lowest BCUT2D eigenvalue weighted by molar-refractivity contribution is 0.739. The molecule has 0 bridgehead atoms. The number of hydrogen-bond donors (Lipinski definition) is 1. The summed E-state index contributed by atoms with van der Waals surface area (Å²) in [5.74, 6) is 0. The zero-order chi connectivity index (χ0) is 7.52. The largest absolute Gasteiger partial charge is 0.313 e. The molecule has 0 spiro atoms. The lowest BCUT2D eigenvalue weighted by Crippen LogP contribution is -2.19. The van der Waals surface area contributed by atoms with E-state index >= 15 is 0 Å². The third kappa shape index (κ3) is 2.09. The average Bonchev–Trinajstić information content (AvgIpc) is 2.58. The zero-order valence-electron chi connectivity index (χ0n) is 6.75. The molecule has 0 saturated carbocycles. The number of thiophene rings is 1. The topological polar surface area (TPSA) is 12.0 Å². The van der Waals surface area contributed by atoms with Gasteiger partial charge < -0.3 is 5.32 Å². The van der Waals surface area contributed by atoms with E-state index in [1.54, 1.807) is 11.3 Å². The summed E-state index contributed by atoms with van der Waals surface area (Å²) in [7, 11) is 0. The van der Waals surface area contributed by atoms with Crippen LogP contribution in [0, 0.1) is 0 Å². The molecule has 0 radical (unpaired) electrons. The van der Waals surface area contributed by atoms with Crippen LogP contribution in [0.15, 0.2) is 22.9 Å². The third-order valence-electron chi connectivity index (χ3n) is 1.96. The number of halogens is 1. The summed E-state index contributed by atoms with van der Waals surface area (Å²) < 4.78 is 0. The summed E-state index contributed by atoms with van der Waals surface area (Å²) in [5, 5.41) is 7.66. The van der Waals surface area contributed by atoms with Gasteiger partial charge in [0.2, 0.25) is 0 Å². The predicted octanol–water partition coefficient (Wildman–Crippen LogP) is 2.55. The fraction of sp³-hybridized carbons (Fsp3) is 0.333. The van der Waals surface area contributed by atoms with E-state index in [0.717, 1.165) is 13.1 Å². The van der Waals surface area contributed by atoms with Crippen molar-refractivity contribution >= 4 is 29.3 Å². The molecule has 66 valence electrons. The fourth-order valence-corrected chi connectivity index (χ4v) is 2.01. The smallest absolute Gasteiger partial charge is 0.0140 e. The molecule has 0 saturated heterocycles. The van der Waals surface area contributed by atoms with E-state index in [1.165, 1.54) is 17.6 Å². The van der Waals surface area contributed by atoms with Crippen molar-refractivity contribution in [3.05, 3.63) is 28.5 Å². The van der Waals surface area contributed by atoms with Crippen LogP contribution in [0.2, 0.25) is 0 Å². The first kappa shape index (κ1) is 9.78. The second-order valence-electron chi connectivity index (χ2n) is 2.70. The Bertz CT molecular complexity index is 254. The Morgan fingerprint density at radius 1 is 1.42 bits per heavy atom. The van der Waals surface area contributed by atoms with Crippen molar-refractivity contribution in [2.24, 2.45) is 0 Å². The second-order valence-corrected chi connectivity index (χ2v) is 3.48. The Hall–Kier alpha value is -0.310. The van der Waals surface area contributed by atoms with Crippen LogP contribution in [0.1, 0.15) is 12.0 Å². The summed E-state index contributed by atoms with van der Waals surface area (Å²) >= 11 is 1.77. The molecule has 1 aliphatic rings. The van der Waals surface area contributed by atoms with Crippen molar-refractivity contribution in [2.45, 2.75) is 6.42 Å². The molecule has 1 aromatic heterocycles. The SMILES string of the molecule is C1=C(c2ccsc2)CCNC1.Cl. The first-order chi connectivity index (χ1) is 5.47. The second kappa shape index (κ2) is 4.65. The Morgan fingerprint density at radius 2 is 2.33 bits per heavy atom. The molecule has 1 nitrogen and oxygen atoms in total. The lowest BCUT2D eigenvalue weighted by atomic mass is 10.0. The van der Waals surface area contributed by atoms with E-state index in [-0.39, 0.29) is 12.4 Å². The van der Waals surface area contributed by atoms with Crippen molar-refractivity contribution in [3.8, 4) is 0 Å². The molecule has 0 atom stereocenters. The highest BCUT2D eigenvalue weighted by Gasteiger charge is 2.04. The van der Waals surface area contributed by atoms with Gasteiger partial charge >= 0.3 is 0 Å². The van der Waals surface area contributed by atoms with Crippen molar-refractivity contribution < 1.29 is 0 Å². The highest BCUT2D eigenvalue weighted by Crippen LogP contribution is 2.21. The Labute approximate surface area is 82.9 Å². The molecule has 0 aliphatic carbocycles. The molecule has 3 heteroatoms. The van der Waals surface area contributed by atoms with Gasteiger partial charge in [-0.3, -0.25) is 0 Å². The van der Waals surface area contributed by atoms with Gasteiger partial charge in [-0.25, -0.2) is 0 Å². The number of rotatable bonds is 1. The highest BCUT2D eigenvalue weighted by molar-refractivity contribution is 7.08. The van der Waals surface area contributed by atoms with Crippen molar-refractivity contribution in [1.82, 2.24) is 5.32 Å². The van der Waals surface area contributed by atoms with Crippen molar-refractivity contribution in [1.29, 1.82) is 0 Å². The van der Waals surface area contributed by atoms with E-state index in [1.807, 2.05) is 0 Å². The normalized spacial score (nSPS) is 16.5. The van der Waals surface area contributed by atoms with Crippen molar-refractivity contribution in [3.63, 3.8) is 0 Å². The molecule has 2 rings (SSSR count). The average molecular weight is 202 g/mol. The van der Waals surface area contributed by atoms with Gasteiger partial charge in [-0.2, -0.15) is 11.3 Å².